The van der Waals surface area contributed by atoms with Gasteiger partial charge in [-0.2, -0.15) is 0 Å². The molecule has 0 heterocycles. The Morgan fingerprint density at radius 3 is 2.00 bits per heavy atom. The molecule has 0 aliphatic carbocycles. The van der Waals surface area contributed by atoms with E-state index in [1.54, 1.807) is 81.8 Å². The van der Waals surface area contributed by atoms with E-state index < -0.39 is 28.5 Å². The number of hydrogen-bond acceptors (Lipinski definition) is 6. The van der Waals surface area contributed by atoms with E-state index in [0.29, 0.717) is 34.2 Å². The van der Waals surface area contributed by atoms with E-state index in [1.807, 2.05) is 30.3 Å². The summed E-state index contributed by atoms with van der Waals surface area (Å²) in [7, 11) is -0.964. The van der Waals surface area contributed by atoms with Gasteiger partial charge < -0.3 is 19.5 Å². The molecule has 0 fully saturated rings. The van der Waals surface area contributed by atoms with Gasteiger partial charge in [-0.25, -0.2) is 8.42 Å². The summed E-state index contributed by atoms with van der Waals surface area (Å²) in [5.41, 5.74) is 1.02. The van der Waals surface area contributed by atoms with Crippen LogP contribution in [0.2, 0.25) is 0 Å². The highest BCUT2D eigenvalue weighted by atomic mass is 32.2. The number of methoxy groups -OCH3 is 2. The van der Waals surface area contributed by atoms with Crippen molar-refractivity contribution in [2.45, 2.75) is 17.9 Å². The van der Waals surface area contributed by atoms with Crippen molar-refractivity contribution >= 4 is 21.6 Å². The first kappa shape index (κ1) is 27.5. The molecular formula is C30H30N2O6S. The van der Waals surface area contributed by atoms with Crippen LogP contribution < -0.4 is 23.8 Å². The topological polar surface area (TPSA) is 94.2 Å². The molecule has 0 aromatic heterocycles. The molecule has 8 nitrogen and oxygen atoms in total. The molecule has 39 heavy (non-hydrogen) atoms. The van der Waals surface area contributed by atoms with E-state index >= 15 is 0 Å². The largest absolute Gasteiger partial charge is 0.497 e. The Morgan fingerprint density at radius 2 is 1.38 bits per heavy atom. The minimum Gasteiger partial charge on any atom is -0.497 e. The molecule has 1 atom stereocenters. The first-order chi connectivity index (χ1) is 18.8. The first-order valence-corrected chi connectivity index (χ1v) is 13.7. The van der Waals surface area contributed by atoms with E-state index in [4.69, 9.17) is 14.2 Å². The monoisotopic (exact) mass is 546 g/mol. The summed E-state index contributed by atoms with van der Waals surface area (Å²) in [6.45, 7) is 1.35. The Morgan fingerprint density at radius 1 is 0.795 bits per heavy atom. The quantitative estimate of drug-likeness (QED) is 0.264. The van der Waals surface area contributed by atoms with Crippen LogP contribution in [0, 0.1) is 0 Å². The van der Waals surface area contributed by atoms with Gasteiger partial charge in [0.15, 0.2) is 0 Å². The second-order valence-electron chi connectivity index (χ2n) is 8.63. The summed E-state index contributed by atoms with van der Waals surface area (Å²) in [5, 5.41) is 2.88. The number of anilines is 1. The van der Waals surface area contributed by atoms with E-state index in [0.717, 1.165) is 4.31 Å². The average molecular weight is 547 g/mol. The van der Waals surface area contributed by atoms with Crippen molar-refractivity contribution in [3.63, 3.8) is 0 Å². The zero-order valence-corrected chi connectivity index (χ0v) is 22.7. The van der Waals surface area contributed by atoms with Crippen LogP contribution in [0.25, 0.3) is 0 Å². The van der Waals surface area contributed by atoms with Crippen molar-refractivity contribution in [3.8, 4) is 23.0 Å². The lowest BCUT2D eigenvalue weighted by molar-refractivity contribution is -0.120. The maximum atomic E-state index is 13.7. The molecule has 9 heteroatoms. The molecule has 0 aliphatic heterocycles. The minimum atomic E-state index is -4.06. The first-order valence-electron chi connectivity index (χ1n) is 12.2. The molecule has 4 aromatic carbocycles. The number of ether oxygens (including phenoxy) is 3. The van der Waals surface area contributed by atoms with Gasteiger partial charge in [-0.1, -0.05) is 36.4 Å². The van der Waals surface area contributed by atoms with Gasteiger partial charge in [-0.3, -0.25) is 9.10 Å². The Hall–Kier alpha value is -4.50. The normalized spacial score (nSPS) is 11.8. The number of sulfonamides is 1. The van der Waals surface area contributed by atoms with Gasteiger partial charge in [0.2, 0.25) is 5.91 Å². The van der Waals surface area contributed by atoms with E-state index in [2.05, 4.69) is 5.32 Å². The SMILES string of the molecule is COc1ccc(OC)c(C(C)NC(=O)CN(c2ccc(Oc3ccccc3)cc2)S(=O)(=O)c2ccccc2)c1. The van der Waals surface area contributed by atoms with Gasteiger partial charge in [-0.05, 0) is 73.7 Å². The summed E-state index contributed by atoms with van der Waals surface area (Å²) >= 11 is 0. The molecule has 1 unspecified atom stereocenters. The third-order valence-electron chi connectivity index (χ3n) is 6.00. The number of rotatable bonds is 11. The van der Waals surface area contributed by atoms with Gasteiger partial charge in [-0.15, -0.1) is 0 Å². The number of amides is 1. The fraction of sp³-hybridized carbons (Fsp3) is 0.167. The smallest absolute Gasteiger partial charge is 0.264 e. The number of carbonyl (C=O) groups is 1. The molecule has 4 aromatic rings. The molecule has 0 bridgehead atoms. The van der Waals surface area contributed by atoms with Gasteiger partial charge in [0.05, 0.1) is 30.8 Å². The van der Waals surface area contributed by atoms with Crippen LogP contribution in [0.1, 0.15) is 18.5 Å². The summed E-state index contributed by atoms with van der Waals surface area (Å²) in [5.74, 6) is 1.88. The maximum absolute atomic E-state index is 13.7. The van der Waals surface area contributed by atoms with Gasteiger partial charge in [0.25, 0.3) is 10.0 Å². The van der Waals surface area contributed by atoms with E-state index in [1.165, 1.54) is 12.1 Å². The Kier molecular flexibility index (Phi) is 8.73. The second kappa shape index (κ2) is 12.4. The fourth-order valence-corrected chi connectivity index (χ4v) is 5.45. The summed E-state index contributed by atoms with van der Waals surface area (Å²) < 4.78 is 45.0. The van der Waals surface area contributed by atoms with Crippen molar-refractivity contribution in [3.05, 3.63) is 109 Å². The predicted molar refractivity (Wildman–Crippen MR) is 150 cm³/mol. The summed E-state index contributed by atoms with van der Waals surface area (Å²) in [4.78, 5) is 13.3. The highest BCUT2D eigenvalue weighted by Gasteiger charge is 2.28. The van der Waals surface area contributed by atoms with Crippen LogP contribution in [0.3, 0.4) is 0 Å². The van der Waals surface area contributed by atoms with E-state index in [9.17, 15) is 13.2 Å². The Bertz CT molecular complexity index is 1490. The Labute approximate surface area is 228 Å². The lowest BCUT2D eigenvalue weighted by atomic mass is 10.1. The number of carbonyl (C=O) groups excluding carboxylic acids is 1. The molecule has 4 rings (SSSR count). The van der Waals surface area contributed by atoms with E-state index in [-0.39, 0.29) is 4.90 Å². The van der Waals surface area contributed by atoms with Crippen LogP contribution in [0.15, 0.2) is 108 Å². The molecular weight excluding hydrogens is 516 g/mol. The third-order valence-corrected chi connectivity index (χ3v) is 7.79. The highest BCUT2D eigenvalue weighted by molar-refractivity contribution is 7.92. The molecule has 0 saturated heterocycles. The molecule has 202 valence electrons. The zero-order chi connectivity index (χ0) is 27.8. The van der Waals surface area contributed by atoms with Crippen molar-refractivity contribution in [2.75, 3.05) is 25.1 Å². The van der Waals surface area contributed by atoms with Crippen LogP contribution in [0.4, 0.5) is 5.69 Å². The standard InChI is InChI=1S/C30H30N2O6S/c1-22(28-20-26(36-2)18-19-29(28)37-3)31-30(33)21-32(39(34,35)27-12-8-5-9-13-27)23-14-16-25(17-15-23)38-24-10-6-4-7-11-24/h4-20,22H,21H2,1-3H3,(H,31,33). The second-order valence-corrected chi connectivity index (χ2v) is 10.5. The molecule has 0 radical (unpaired) electrons. The zero-order valence-electron chi connectivity index (χ0n) is 21.9. The van der Waals surface area contributed by atoms with Crippen molar-refractivity contribution in [1.82, 2.24) is 5.32 Å². The van der Waals surface area contributed by atoms with Gasteiger partial charge in [0.1, 0.15) is 29.5 Å². The van der Waals surface area contributed by atoms with Crippen LogP contribution >= 0.6 is 0 Å². The van der Waals surface area contributed by atoms with Crippen LogP contribution in [-0.4, -0.2) is 35.1 Å². The lowest BCUT2D eigenvalue weighted by Gasteiger charge is -2.25. The molecule has 1 amide bonds. The minimum absolute atomic E-state index is 0.0740. The predicted octanol–water partition coefficient (Wildman–Crippen LogP) is 5.57. The molecule has 0 saturated carbocycles. The number of hydrogen-bond donors (Lipinski definition) is 1. The number of nitrogens with one attached hydrogen (secondary N) is 1. The number of benzene rings is 4. The summed E-state index contributed by atoms with van der Waals surface area (Å²) in [6.07, 6.45) is 0. The number of nitrogens with zero attached hydrogens (tertiary/aromatic N) is 1. The van der Waals surface area contributed by atoms with Crippen molar-refractivity contribution < 1.29 is 27.4 Å². The highest BCUT2D eigenvalue weighted by Crippen LogP contribution is 2.30. The third kappa shape index (κ3) is 6.69. The number of para-hydroxylation sites is 1. The van der Waals surface area contributed by atoms with Crippen LogP contribution in [0.5, 0.6) is 23.0 Å². The fourth-order valence-electron chi connectivity index (χ4n) is 4.01. The molecule has 0 aliphatic rings. The summed E-state index contributed by atoms with van der Waals surface area (Å²) in [6, 6.07) is 28.6. The maximum Gasteiger partial charge on any atom is 0.264 e. The lowest BCUT2D eigenvalue weighted by Crippen LogP contribution is -2.41. The molecule has 0 spiro atoms. The van der Waals surface area contributed by atoms with Crippen molar-refractivity contribution in [1.29, 1.82) is 0 Å². The van der Waals surface area contributed by atoms with Crippen LogP contribution in [-0.2, 0) is 14.8 Å². The average Bonchev–Trinajstić information content (AvgIpc) is 2.97. The van der Waals surface area contributed by atoms with Gasteiger partial charge in [0, 0.05) is 5.56 Å². The van der Waals surface area contributed by atoms with Gasteiger partial charge >= 0.3 is 0 Å². The van der Waals surface area contributed by atoms with Crippen molar-refractivity contribution in [2.24, 2.45) is 0 Å². The molecule has 1 N–H and O–H groups in total. The Balaban J connectivity index is 1.60.